The van der Waals surface area contributed by atoms with Gasteiger partial charge in [-0.05, 0) is 76.6 Å². The second kappa shape index (κ2) is 12.1. The summed E-state index contributed by atoms with van der Waals surface area (Å²) < 4.78 is 15.2. The molecule has 0 spiro atoms. The Hall–Kier alpha value is -4.91. The molecule has 3 aromatic carbocycles. The first-order chi connectivity index (χ1) is 21.0. The van der Waals surface area contributed by atoms with Gasteiger partial charge in [-0.25, -0.2) is 4.58 Å². The highest BCUT2D eigenvalue weighted by Gasteiger charge is 2.23. The second-order valence-electron chi connectivity index (χ2n) is 10.6. The molecule has 0 bridgehead atoms. The average molecular weight is 573 g/mol. The van der Waals surface area contributed by atoms with Crippen LogP contribution < -0.4 is 20.1 Å². The molecule has 1 aliphatic heterocycles. The summed E-state index contributed by atoms with van der Waals surface area (Å²) in [5.41, 5.74) is 8.04. The molecule has 7 heteroatoms. The Bertz CT molecular complexity index is 1910. The zero-order valence-corrected chi connectivity index (χ0v) is 25.5. The van der Waals surface area contributed by atoms with E-state index in [1.54, 1.807) is 0 Å². The molecular weight excluding hydrogens is 534 g/mol. The number of nitrogens with zero attached hydrogens (tertiary/aromatic N) is 4. The van der Waals surface area contributed by atoms with Gasteiger partial charge in [0.1, 0.15) is 24.4 Å². The summed E-state index contributed by atoms with van der Waals surface area (Å²) in [4.78, 5) is 2.33. The topological polar surface area (TPSA) is 70.3 Å². The van der Waals surface area contributed by atoms with Crippen LogP contribution in [0.15, 0.2) is 93.8 Å². The Morgan fingerprint density at radius 2 is 1.49 bits per heavy atom. The Morgan fingerprint density at radius 3 is 2.21 bits per heavy atom. The van der Waals surface area contributed by atoms with Crippen LogP contribution in [-0.4, -0.2) is 36.4 Å². The third kappa shape index (κ3) is 5.50. The normalized spacial score (nSPS) is 11.3. The van der Waals surface area contributed by atoms with E-state index in [1.807, 2.05) is 36.4 Å². The first-order valence-electron chi connectivity index (χ1n) is 15.1. The highest BCUT2D eigenvalue weighted by atomic mass is 16.4. The third-order valence-electron chi connectivity index (χ3n) is 8.10. The fourth-order valence-electron chi connectivity index (χ4n) is 5.76. The smallest absolute Gasteiger partial charge is 0.320 e. The quantitative estimate of drug-likeness (QED) is 0.140. The molecule has 0 unspecified atom stereocenters. The highest BCUT2D eigenvalue weighted by Crippen LogP contribution is 2.44. The molecule has 1 aromatic heterocycles. The Balaban J connectivity index is 1.55. The van der Waals surface area contributed by atoms with E-state index in [9.17, 15) is 0 Å². The lowest BCUT2D eigenvalue weighted by Crippen LogP contribution is -2.29. The molecule has 0 fully saturated rings. The number of hydrogen-bond donors (Lipinski definition) is 1. The number of nitrogens with one attached hydrogen (secondary N) is 1. The Kier molecular flexibility index (Phi) is 7.97. The first kappa shape index (κ1) is 28.2. The minimum Gasteiger partial charge on any atom is -0.456 e. The van der Waals surface area contributed by atoms with Crippen LogP contribution in [0.3, 0.4) is 0 Å². The monoisotopic (exact) mass is 572 g/mol. The van der Waals surface area contributed by atoms with Crippen molar-refractivity contribution in [2.75, 3.05) is 36.4 Å². The van der Waals surface area contributed by atoms with Gasteiger partial charge in [-0.2, -0.15) is 0 Å². The summed E-state index contributed by atoms with van der Waals surface area (Å²) in [5.74, 6) is 1.29. The number of aryl methyl sites for hydroxylation is 1. The van der Waals surface area contributed by atoms with Crippen LogP contribution in [0.1, 0.15) is 33.3 Å². The van der Waals surface area contributed by atoms with Crippen LogP contribution in [-0.2, 0) is 0 Å². The van der Waals surface area contributed by atoms with Gasteiger partial charge in [0.2, 0.25) is 11.2 Å². The van der Waals surface area contributed by atoms with E-state index in [2.05, 4.69) is 108 Å². The molecule has 0 amide bonds. The minimum absolute atomic E-state index is 0.346. The predicted octanol–water partition coefficient (Wildman–Crippen LogP) is 7.96. The molecule has 218 valence electrons. The molecule has 4 aromatic rings. The lowest BCUT2D eigenvalue weighted by atomic mass is 9.90. The van der Waals surface area contributed by atoms with Crippen molar-refractivity contribution >= 4 is 28.4 Å². The van der Waals surface area contributed by atoms with Crippen molar-refractivity contribution in [2.45, 2.75) is 34.6 Å². The molecule has 0 radical (unpaired) electrons. The zero-order chi connectivity index (χ0) is 29.9. The summed E-state index contributed by atoms with van der Waals surface area (Å²) in [6, 6.07) is 29.7. The lowest BCUT2D eigenvalue weighted by Gasteiger charge is -2.22. The molecule has 1 N–H and O–H groups in total. The predicted molar refractivity (Wildman–Crippen MR) is 176 cm³/mol. The van der Waals surface area contributed by atoms with Crippen molar-refractivity contribution in [3.05, 3.63) is 95.8 Å². The van der Waals surface area contributed by atoms with E-state index in [1.165, 1.54) is 5.56 Å². The maximum Gasteiger partial charge on any atom is 0.320 e. The van der Waals surface area contributed by atoms with Gasteiger partial charge in [0.05, 0.1) is 6.07 Å². The van der Waals surface area contributed by atoms with Crippen molar-refractivity contribution < 1.29 is 8.83 Å². The van der Waals surface area contributed by atoms with Crippen LogP contribution in [0.2, 0.25) is 0 Å². The molecule has 0 atom stereocenters. The lowest BCUT2D eigenvalue weighted by molar-refractivity contribution is 0.588. The van der Waals surface area contributed by atoms with Gasteiger partial charge in [-0.15, -0.1) is 5.10 Å². The summed E-state index contributed by atoms with van der Waals surface area (Å²) in [6.07, 6.45) is 0. The maximum atomic E-state index is 6.68. The zero-order valence-electron chi connectivity index (χ0n) is 25.5. The second-order valence-corrected chi connectivity index (χ2v) is 10.6. The van der Waals surface area contributed by atoms with Crippen molar-refractivity contribution in [3.8, 4) is 33.9 Å². The van der Waals surface area contributed by atoms with E-state index in [-0.39, 0.29) is 0 Å². The SMILES string of the molecule is CCN(CC)c1ccc2c(-c3ccccc3-c3nnc(Nc4ccc(C)cc4)o3)c3ccc(=[N+](CC)CC)cc-3oc2c1. The van der Waals surface area contributed by atoms with E-state index < -0.39 is 0 Å². The maximum absolute atomic E-state index is 6.68. The molecule has 7 nitrogen and oxygen atoms in total. The van der Waals surface area contributed by atoms with Crippen molar-refractivity contribution in [2.24, 2.45) is 0 Å². The summed E-state index contributed by atoms with van der Waals surface area (Å²) in [5, 5.41) is 14.2. The summed E-state index contributed by atoms with van der Waals surface area (Å²) >= 11 is 0. The molecule has 2 heterocycles. The molecule has 1 aliphatic carbocycles. The van der Waals surface area contributed by atoms with Crippen LogP contribution in [0.5, 0.6) is 0 Å². The van der Waals surface area contributed by atoms with Gasteiger partial charge >= 0.3 is 6.01 Å². The van der Waals surface area contributed by atoms with E-state index in [4.69, 9.17) is 8.83 Å². The number of rotatable bonds is 9. The fraction of sp³-hybridized carbons (Fsp3) is 0.250. The van der Waals surface area contributed by atoms with Crippen molar-refractivity contribution in [1.29, 1.82) is 0 Å². The average Bonchev–Trinajstić information content (AvgIpc) is 3.50. The molecule has 0 saturated heterocycles. The van der Waals surface area contributed by atoms with Gasteiger partial charge < -0.3 is 19.1 Å². The Morgan fingerprint density at radius 1 is 0.744 bits per heavy atom. The Labute approximate surface area is 252 Å². The number of aromatic nitrogens is 2. The van der Waals surface area contributed by atoms with Gasteiger partial charge in [-0.3, -0.25) is 0 Å². The molecule has 2 aliphatic rings. The van der Waals surface area contributed by atoms with Crippen LogP contribution in [0, 0.1) is 6.92 Å². The molecular formula is C36H38N5O2+. The van der Waals surface area contributed by atoms with E-state index in [0.29, 0.717) is 11.9 Å². The van der Waals surface area contributed by atoms with Crippen LogP contribution in [0.4, 0.5) is 17.4 Å². The largest absolute Gasteiger partial charge is 0.456 e. The van der Waals surface area contributed by atoms with Gasteiger partial charge in [0.15, 0.2) is 0 Å². The van der Waals surface area contributed by atoms with Gasteiger partial charge in [0.25, 0.3) is 0 Å². The van der Waals surface area contributed by atoms with Crippen LogP contribution in [0.25, 0.3) is 44.9 Å². The molecule has 0 saturated carbocycles. The number of fused-ring (bicyclic) bond motifs is 2. The number of benzene rings is 4. The highest BCUT2D eigenvalue weighted by molar-refractivity contribution is 6.05. The molecule has 43 heavy (non-hydrogen) atoms. The third-order valence-corrected chi connectivity index (χ3v) is 8.10. The van der Waals surface area contributed by atoms with Crippen LogP contribution >= 0.6 is 0 Å². The first-order valence-corrected chi connectivity index (χ1v) is 15.1. The standard InChI is InChI=1S/C36H37N5O2/c1-6-40(7-2)26-18-20-30-32(22-26)42-33-23-27(41(8-3)9-4)19-21-31(33)34(30)28-12-10-11-13-29(28)35-38-39-36(43-35)37-25-16-14-24(5)15-17-25/h10-23H,6-9H2,1-5H3/p+1. The fourth-order valence-corrected chi connectivity index (χ4v) is 5.76. The van der Waals surface area contributed by atoms with Crippen molar-refractivity contribution in [1.82, 2.24) is 14.8 Å². The van der Waals surface area contributed by atoms with Gasteiger partial charge in [-0.1, -0.05) is 41.0 Å². The van der Waals surface area contributed by atoms with E-state index in [0.717, 1.165) is 81.9 Å². The van der Waals surface area contributed by atoms with E-state index >= 15 is 0 Å². The number of anilines is 3. The summed E-state index contributed by atoms with van der Waals surface area (Å²) in [6.45, 7) is 14.5. The van der Waals surface area contributed by atoms with Gasteiger partial charge in [0, 0.05) is 58.7 Å². The number of hydrogen-bond acceptors (Lipinski definition) is 6. The minimum atomic E-state index is 0.346. The summed E-state index contributed by atoms with van der Waals surface area (Å²) in [7, 11) is 0. The van der Waals surface area contributed by atoms with Crippen molar-refractivity contribution in [3.63, 3.8) is 0 Å². The molecule has 6 rings (SSSR count).